The molecular formula is C24H24N2O6. The Morgan fingerprint density at radius 3 is 2.41 bits per heavy atom. The summed E-state index contributed by atoms with van der Waals surface area (Å²) in [6.07, 6.45) is -1.03. The van der Waals surface area contributed by atoms with E-state index in [-0.39, 0.29) is 18.0 Å². The number of ketones is 1. The summed E-state index contributed by atoms with van der Waals surface area (Å²) >= 11 is 0. The number of benzene rings is 2. The van der Waals surface area contributed by atoms with E-state index in [1.54, 1.807) is 55.5 Å². The molecule has 32 heavy (non-hydrogen) atoms. The van der Waals surface area contributed by atoms with E-state index in [0.717, 1.165) is 11.3 Å². The second-order valence-electron chi connectivity index (χ2n) is 7.29. The lowest BCUT2D eigenvalue weighted by Gasteiger charge is -2.14. The van der Waals surface area contributed by atoms with E-state index >= 15 is 0 Å². The van der Waals surface area contributed by atoms with Crippen LogP contribution < -0.4 is 10.1 Å². The molecule has 0 saturated heterocycles. The number of ether oxygens (including phenoxy) is 2. The van der Waals surface area contributed by atoms with E-state index < -0.39 is 18.0 Å². The van der Waals surface area contributed by atoms with Gasteiger partial charge in [-0.25, -0.2) is 4.79 Å². The molecule has 1 aromatic heterocycles. The third kappa shape index (κ3) is 5.60. The van der Waals surface area contributed by atoms with E-state index in [1.165, 1.54) is 13.8 Å². The van der Waals surface area contributed by atoms with Crippen molar-refractivity contribution in [2.75, 3.05) is 5.32 Å². The molecule has 0 spiro atoms. The first kappa shape index (κ1) is 22.7. The SMILES string of the molecule is CC(=O)c1ccc(NC(=O)[C@H](C)OC(=O)c2cccc(OCc3c(C)noc3C)c2)cc1. The van der Waals surface area contributed by atoms with Crippen LogP contribution in [0.1, 0.15) is 51.6 Å². The molecule has 0 saturated carbocycles. The van der Waals surface area contributed by atoms with Gasteiger partial charge in [-0.1, -0.05) is 11.2 Å². The van der Waals surface area contributed by atoms with Crippen molar-refractivity contribution in [1.29, 1.82) is 0 Å². The summed E-state index contributed by atoms with van der Waals surface area (Å²) in [6, 6.07) is 13.0. The minimum Gasteiger partial charge on any atom is -0.489 e. The number of hydrogen-bond acceptors (Lipinski definition) is 7. The Morgan fingerprint density at radius 1 is 1.06 bits per heavy atom. The van der Waals surface area contributed by atoms with Gasteiger partial charge in [0, 0.05) is 11.3 Å². The Kier molecular flexibility index (Phi) is 7.04. The van der Waals surface area contributed by atoms with Gasteiger partial charge in [-0.15, -0.1) is 0 Å². The molecule has 166 valence electrons. The largest absolute Gasteiger partial charge is 0.489 e. The molecule has 3 aromatic rings. The highest BCUT2D eigenvalue weighted by atomic mass is 16.5. The molecule has 0 aliphatic carbocycles. The zero-order valence-electron chi connectivity index (χ0n) is 18.3. The molecule has 8 nitrogen and oxygen atoms in total. The summed E-state index contributed by atoms with van der Waals surface area (Å²) in [5.74, 6) is -0.0545. The molecular weight excluding hydrogens is 412 g/mol. The average molecular weight is 436 g/mol. The molecule has 1 amide bonds. The van der Waals surface area contributed by atoms with Gasteiger partial charge in [0.1, 0.15) is 18.1 Å². The molecule has 1 heterocycles. The number of nitrogens with zero attached hydrogens (tertiary/aromatic N) is 1. The second-order valence-corrected chi connectivity index (χ2v) is 7.29. The van der Waals surface area contributed by atoms with Crippen LogP contribution in [0.25, 0.3) is 0 Å². The predicted molar refractivity (Wildman–Crippen MR) is 117 cm³/mol. The van der Waals surface area contributed by atoms with Crippen molar-refractivity contribution in [2.45, 2.75) is 40.4 Å². The number of anilines is 1. The molecule has 3 rings (SSSR count). The number of carbonyl (C=O) groups excluding carboxylic acids is 3. The Labute approximate surface area is 185 Å². The molecule has 0 unspecified atom stereocenters. The van der Waals surface area contributed by atoms with Crippen molar-refractivity contribution in [3.63, 3.8) is 0 Å². The van der Waals surface area contributed by atoms with Crippen LogP contribution >= 0.6 is 0 Å². The van der Waals surface area contributed by atoms with Crippen LogP contribution in [-0.2, 0) is 16.1 Å². The minimum atomic E-state index is -1.03. The van der Waals surface area contributed by atoms with Gasteiger partial charge in [0.25, 0.3) is 5.91 Å². The van der Waals surface area contributed by atoms with Gasteiger partial charge in [-0.3, -0.25) is 9.59 Å². The summed E-state index contributed by atoms with van der Waals surface area (Å²) < 4.78 is 16.2. The molecule has 0 aliphatic rings. The molecule has 0 aliphatic heterocycles. The number of carbonyl (C=O) groups is 3. The molecule has 0 fully saturated rings. The Balaban J connectivity index is 1.58. The number of aromatic nitrogens is 1. The maximum atomic E-state index is 12.5. The Bertz CT molecular complexity index is 1110. The van der Waals surface area contributed by atoms with Crippen molar-refractivity contribution >= 4 is 23.3 Å². The van der Waals surface area contributed by atoms with E-state index in [4.69, 9.17) is 14.0 Å². The Hall–Kier alpha value is -3.94. The van der Waals surface area contributed by atoms with Gasteiger partial charge >= 0.3 is 5.97 Å². The fraction of sp³-hybridized carbons (Fsp3) is 0.250. The smallest absolute Gasteiger partial charge is 0.339 e. The number of nitrogens with one attached hydrogen (secondary N) is 1. The van der Waals surface area contributed by atoms with E-state index in [9.17, 15) is 14.4 Å². The van der Waals surface area contributed by atoms with E-state index in [1.807, 2.05) is 6.92 Å². The van der Waals surface area contributed by atoms with Crippen molar-refractivity contribution in [1.82, 2.24) is 5.16 Å². The van der Waals surface area contributed by atoms with Crippen molar-refractivity contribution in [2.24, 2.45) is 0 Å². The Morgan fingerprint density at radius 2 is 1.78 bits per heavy atom. The number of esters is 1. The lowest BCUT2D eigenvalue weighted by Crippen LogP contribution is -2.30. The molecule has 1 atom stereocenters. The topological polar surface area (TPSA) is 108 Å². The first-order chi connectivity index (χ1) is 15.2. The van der Waals surface area contributed by atoms with Crippen LogP contribution in [0.3, 0.4) is 0 Å². The zero-order valence-corrected chi connectivity index (χ0v) is 18.3. The van der Waals surface area contributed by atoms with Crippen LogP contribution in [0, 0.1) is 13.8 Å². The molecule has 0 radical (unpaired) electrons. The number of hydrogen-bond donors (Lipinski definition) is 1. The van der Waals surface area contributed by atoms with Gasteiger partial charge < -0.3 is 19.3 Å². The highest BCUT2D eigenvalue weighted by Gasteiger charge is 2.20. The number of amides is 1. The van der Waals surface area contributed by atoms with Crippen molar-refractivity contribution < 1.29 is 28.4 Å². The first-order valence-electron chi connectivity index (χ1n) is 10.0. The first-order valence-corrected chi connectivity index (χ1v) is 10.0. The van der Waals surface area contributed by atoms with Crippen molar-refractivity contribution in [3.05, 3.63) is 76.7 Å². The lowest BCUT2D eigenvalue weighted by molar-refractivity contribution is -0.123. The number of rotatable bonds is 8. The summed E-state index contributed by atoms with van der Waals surface area (Å²) in [6.45, 7) is 6.82. The van der Waals surface area contributed by atoms with Crippen LogP contribution in [0.4, 0.5) is 5.69 Å². The minimum absolute atomic E-state index is 0.0666. The fourth-order valence-corrected chi connectivity index (χ4v) is 2.89. The highest BCUT2D eigenvalue weighted by Crippen LogP contribution is 2.19. The van der Waals surface area contributed by atoms with Gasteiger partial charge in [-0.05, 0) is 70.2 Å². The molecule has 0 bridgehead atoms. The lowest BCUT2D eigenvalue weighted by atomic mass is 10.1. The summed E-state index contributed by atoms with van der Waals surface area (Å²) in [7, 11) is 0. The van der Waals surface area contributed by atoms with Gasteiger partial charge in [0.05, 0.1) is 16.8 Å². The van der Waals surface area contributed by atoms with E-state index in [2.05, 4.69) is 10.5 Å². The van der Waals surface area contributed by atoms with Gasteiger partial charge in [-0.2, -0.15) is 0 Å². The maximum absolute atomic E-state index is 12.5. The predicted octanol–water partition coefficient (Wildman–Crippen LogP) is 4.26. The normalized spacial score (nSPS) is 11.5. The van der Waals surface area contributed by atoms with E-state index in [0.29, 0.717) is 22.8 Å². The maximum Gasteiger partial charge on any atom is 0.339 e. The standard InChI is InChI=1S/C24H24N2O6/c1-14-22(16(3)32-26-14)13-30-21-7-5-6-19(12-21)24(29)31-17(4)23(28)25-20-10-8-18(9-11-20)15(2)27/h5-12,17H,13H2,1-4H3,(H,25,28)/t17-/m0/s1. The second kappa shape index (κ2) is 9.91. The highest BCUT2D eigenvalue weighted by molar-refractivity contribution is 5.98. The van der Waals surface area contributed by atoms with Gasteiger partial charge in [0.15, 0.2) is 11.9 Å². The molecule has 1 N–H and O–H groups in total. The molecule has 8 heteroatoms. The number of aryl methyl sites for hydroxylation is 2. The summed E-state index contributed by atoms with van der Waals surface area (Å²) in [5, 5.41) is 6.54. The quantitative estimate of drug-likeness (QED) is 0.415. The van der Waals surface area contributed by atoms with Crippen LogP contribution in [0.15, 0.2) is 53.1 Å². The molecule has 2 aromatic carbocycles. The fourth-order valence-electron chi connectivity index (χ4n) is 2.89. The third-order valence-electron chi connectivity index (χ3n) is 4.85. The summed E-state index contributed by atoms with van der Waals surface area (Å²) in [4.78, 5) is 36.2. The monoisotopic (exact) mass is 436 g/mol. The van der Waals surface area contributed by atoms with Crippen LogP contribution in [-0.4, -0.2) is 28.9 Å². The van der Waals surface area contributed by atoms with Gasteiger partial charge in [0.2, 0.25) is 0 Å². The van der Waals surface area contributed by atoms with Crippen molar-refractivity contribution in [3.8, 4) is 5.75 Å². The average Bonchev–Trinajstić information content (AvgIpc) is 3.10. The third-order valence-corrected chi connectivity index (χ3v) is 4.85. The zero-order chi connectivity index (χ0) is 23.3. The van der Waals surface area contributed by atoms with Crippen LogP contribution in [0.5, 0.6) is 5.75 Å². The summed E-state index contributed by atoms with van der Waals surface area (Å²) in [5.41, 5.74) is 2.89. The number of Topliss-reactive ketones (excluding diaryl/α,β-unsaturated/α-hetero) is 1. The van der Waals surface area contributed by atoms with Crippen LogP contribution in [0.2, 0.25) is 0 Å².